The first kappa shape index (κ1) is 25.4. The van der Waals surface area contributed by atoms with Gasteiger partial charge in [-0.1, -0.05) is 29.8 Å². The second-order valence-electron chi connectivity index (χ2n) is 11.5. The Kier molecular flexibility index (Phi) is 5.50. The summed E-state index contributed by atoms with van der Waals surface area (Å²) in [5, 5.41) is 3.65. The van der Waals surface area contributed by atoms with Crippen molar-refractivity contribution in [2.24, 2.45) is 5.92 Å². The minimum atomic E-state index is -1.14. The van der Waals surface area contributed by atoms with Crippen molar-refractivity contribution >= 4 is 56.1 Å². The van der Waals surface area contributed by atoms with Crippen molar-refractivity contribution < 1.29 is 18.7 Å². The molecule has 1 aromatic heterocycles. The molecule has 2 fully saturated rings. The van der Waals surface area contributed by atoms with Crippen LogP contribution < -0.4 is 5.32 Å². The number of benzene rings is 3. The molecule has 1 saturated heterocycles. The lowest BCUT2D eigenvalue weighted by molar-refractivity contribution is -0.128. The minimum absolute atomic E-state index is 0.0847. The first-order valence-corrected chi connectivity index (χ1v) is 14.9. The molecule has 0 radical (unpaired) electrons. The van der Waals surface area contributed by atoms with Crippen LogP contribution in [0.1, 0.15) is 52.0 Å². The molecular formula is C31H25BrClFN4O3. The summed E-state index contributed by atoms with van der Waals surface area (Å²) in [5.41, 5.74) is 2.82. The number of esters is 1. The predicted molar refractivity (Wildman–Crippen MR) is 156 cm³/mol. The van der Waals surface area contributed by atoms with Crippen LogP contribution in [0.25, 0.3) is 11.0 Å². The molecule has 4 aromatic rings. The van der Waals surface area contributed by atoms with E-state index < -0.39 is 17.4 Å². The van der Waals surface area contributed by atoms with Crippen LogP contribution >= 0.6 is 27.5 Å². The number of aromatic nitrogens is 2. The average Bonchev–Trinajstić information content (AvgIpc) is 3.41. The fraction of sp³-hybridized carbons (Fsp3) is 0.323. The molecule has 4 atom stereocenters. The average molecular weight is 636 g/mol. The van der Waals surface area contributed by atoms with Gasteiger partial charge in [0, 0.05) is 47.2 Å². The molecule has 1 saturated carbocycles. The molecule has 7 nitrogen and oxygen atoms in total. The molecule has 1 amide bonds. The Balaban J connectivity index is 1.40. The van der Waals surface area contributed by atoms with Crippen LogP contribution in [0.5, 0.6) is 0 Å². The van der Waals surface area contributed by atoms with Crippen molar-refractivity contribution in [3.8, 4) is 0 Å². The highest BCUT2D eigenvalue weighted by molar-refractivity contribution is 9.10. The number of methoxy groups -OCH3 is 1. The number of likely N-dealkylation sites (tertiary alicyclic amines) is 1. The van der Waals surface area contributed by atoms with Gasteiger partial charge in [0.1, 0.15) is 17.2 Å². The molecule has 41 heavy (non-hydrogen) atoms. The third-order valence-corrected chi connectivity index (χ3v) is 10.2. The van der Waals surface area contributed by atoms with Gasteiger partial charge < -0.3 is 14.6 Å². The number of nitrogens with one attached hydrogen (secondary N) is 1. The number of nitrogens with zero attached hydrogens (tertiary/aromatic N) is 3. The predicted octanol–water partition coefficient (Wildman–Crippen LogP) is 6.20. The quantitative estimate of drug-likeness (QED) is 0.270. The summed E-state index contributed by atoms with van der Waals surface area (Å²) < 4.78 is 23.6. The number of hydrogen-bond acceptors (Lipinski definition) is 5. The van der Waals surface area contributed by atoms with E-state index in [0.717, 1.165) is 36.3 Å². The Labute approximate surface area is 248 Å². The van der Waals surface area contributed by atoms with E-state index in [2.05, 4.69) is 30.7 Å². The monoisotopic (exact) mass is 634 g/mol. The van der Waals surface area contributed by atoms with E-state index >= 15 is 4.39 Å². The number of ether oxygens (including phenoxy) is 1. The number of imidazole rings is 1. The third-order valence-electron chi connectivity index (χ3n) is 9.40. The molecule has 3 aromatic carbocycles. The number of carbonyl (C=O) groups excluding carboxylic acids is 2. The minimum Gasteiger partial charge on any atom is -0.465 e. The zero-order valence-electron chi connectivity index (χ0n) is 22.0. The van der Waals surface area contributed by atoms with Crippen LogP contribution in [0.2, 0.25) is 5.02 Å². The lowest BCUT2D eigenvalue weighted by atomic mass is 9.71. The maximum Gasteiger partial charge on any atom is 0.337 e. The maximum atomic E-state index is 16.2. The lowest BCUT2D eigenvalue weighted by Gasteiger charge is -2.40. The number of amides is 1. The summed E-state index contributed by atoms with van der Waals surface area (Å²) in [5.74, 6) is -0.533. The number of rotatable bonds is 4. The standard InChI is InChI=1S/C31H25BrClFN4O3/c1-41-29(39)16-7-10-23-22(11-16)35-28-25-24(14-37(23)28)38(13-15-5-6-15)31(26(25)18-3-2-4-20(32)27(18)34)19-9-8-17(33)12-21(19)36-30(31)40/h2-4,7-12,15,24-26H,5-6,13-14H2,1H3,(H,36,40)/t24-,25+,26-,31+/m0/s1. The summed E-state index contributed by atoms with van der Waals surface area (Å²) in [4.78, 5) is 34.1. The molecule has 8 rings (SSSR count). The van der Waals surface area contributed by atoms with E-state index in [0.29, 0.717) is 44.3 Å². The van der Waals surface area contributed by atoms with E-state index in [-0.39, 0.29) is 23.7 Å². The van der Waals surface area contributed by atoms with Crippen molar-refractivity contribution in [2.45, 2.75) is 42.8 Å². The second kappa shape index (κ2) is 8.86. The van der Waals surface area contributed by atoms with Gasteiger partial charge in [-0.05, 0) is 76.7 Å². The van der Waals surface area contributed by atoms with Gasteiger partial charge in [0.15, 0.2) is 0 Å². The molecule has 3 aliphatic heterocycles. The van der Waals surface area contributed by atoms with E-state index in [4.69, 9.17) is 21.3 Å². The molecule has 1 spiro atoms. The van der Waals surface area contributed by atoms with Crippen LogP contribution in [-0.4, -0.2) is 46.0 Å². The topological polar surface area (TPSA) is 76.5 Å². The van der Waals surface area contributed by atoms with Crippen LogP contribution in [0.3, 0.4) is 0 Å². The Hall–Kier alpha value is -3.27. The first-order chi connectivity index (χ1) is 19.8. The lowest BCUT2D eigenvalue weighted by Crippen LogP contribution is -2.53. The molecule has 4 aliphatic rings. The van der Waals surface area contributed by atoms with E-state index in [9.17, 15) is 9.59 Å². The molecule has 4 heterocycles. The summed E-state index contributed by atoms with van der Waals surface area (Å²) in [6.07, 6.45) is 2.22. The third kappa shape index (κ3) is 3.43. The highest BCUT2D eigenvalue weighted by atomic mass is 79.9. The molecule has 10 heteroatoms. The van der Waals surface area contributed by atoms with E-state index in [1.165, 1.54) is 7.11 Å². The first-order valence-electron chi connectivity index (χ1n) is 13.7. The van der Waals surface area contributed by atoms with Crippen molar-refractivity contribution in [2.75, 3.05) is 19.0 Å². The molecule has 0 bridgehead atoms. The van der Waals surface area contributed by atoms with Gasteiger partial charge in [-0.15, -0.1) is 0 Å². The number of fused-ring (bicyclic) bond motifs is 7. The number of halogens is 3. The van der Waals surface area contributed by atoms with Crippen LogP contribution in [0.15, 0.2) is 59.1 Å². The van der Waals surface area contributed by atoms with Crippen molar-refractivity contribution in [1.82, 2.24) is 14.5 Å². The van der Waals surface area contributed by atoms with Gasteiger partial charge in [-0.2, -0.15) is 0 Å². The Bertz CT molecular complexity index is 1810. The molecule has 1 N–H and O–H groups in total. The number of carbonyl (C=O) groups is 2. The highest BCUT2D eigenvalue weighted by Gasteiger charge is 2.69. The zero-order chi connectivity index (χ0) is 28.2. The van der Waals surface area contributed by atoms with Gasteiger partial charge in [0.25, 0.3) is 0 Å². The molecular weight excluding hydrogens is 611 g/mol. The number of hydrogen-bond donors (Lipinski definition) is 1. The smallest absolute Gasteiger partial charge is 0.337 e. The van der Waals surface area contributed by atoms with Gasteiger partial charge in [0.05, 0.1) is 28.2 Å². The van der Waals surface area contributed by atoms with E-state index in [1.807, 2.05) is 24.3 Å². The SMILES string of the molecule is COC(=O)c1ccc2c(c1)nc1n2C[C@H]2[C@@H]1[C@H](c1cccc(Br)c1F)[C@]1(C(=O)Nc3cc(Cl)ccc31)N2CC1CC1. The van der Waals surface area contributed by atoms with Crippen molar-refractivity contribution in [3.05, 3.63) is 92.4 Å². The fourth-order valence-electron chi connectivity index (χ4n) is 7.60. The van der Waals surface area contributed by atoms with Gasteiger partial charge in [0.2, 0.25) is 5.91 Å². The summed E-state index contributed by atoms with van der Waals surface area (Å²) in [7, 11) is 1.35. The van der Waals surface area contributed by atoms with Crippen LogP contribution in [-0.2, 0) is 21.6 Å². The largest absolute Gasteiger partial charge is 0.465 e. The number of anilines is 1. The maximum absolute atomic E-state index is 16.2. The Morgan fingerprint density at radius 2 is 2.05 bits per heavy atom. The normalized spacial score (nSPS) is 26.3. The Morgan fingerprint density at radius 3 is 2.83 bits per heavy atom. The fourth-order valence-corrected chi connectivity index (χ4v) is 8.15. The second-order valence-corrected chi connectivity index (χ2v) is 12.8. The van der Waals surface area contributed by atoms with Gasteiger partial charge >= 0.3 is 5.97 Å². The summed E-state index contributed by atoms with van der Waals surface area (Å²) >= 11 is 9.77. The molecule has 0 unspecified atom stereocenters. The van der Waals surface area contributed by atoms with Crippen LogP contribution in [0.4, 0.5) is 10.1 Å². The summed E-state index contributed by atoms with van der Waals surface area (Å²) in [6.45, 7) is 1.34. The van der Waals surface area contributed by atoms with Crippen LogP contribution in [0, 0.1) is 11.7 Å². The zero-order valence-corrected chi connectivity index (χ0v) is 24.4. The van der Waals surface area contributed by atoms with Gasteiger partial charge in [-0.25, -0.2) is 14.2 Å². The highest BCUT2D eigenvalue weighted by Crippen LogP contribution is 2.65. The summed E-state index contributed by atoms with van der Waals surface area (Å²) in [6, 6.07) is 16.1. The molecule has 1 aliphatic carbocycles. The van der Waals surface area contributed by atoms with Crippen molar-refractivity contribution in [3.63, 3.8) is 0 Å². The Morgan fingerprint density at radius 1 is 1.22 bits per heavy atom. The molecule has 208 valence electrons. The van der Waals surface area contributed by atoms with Crippen molar-refractivity contribution in [1.29, 1.82) is 0 Å². The van der Waals surface area contributed by atoms with E-state index in [1.54, 1.807) is 30.3 Å². The van der Waals surface area contributed by atoms with Gasteiger partial charge in [-0.3, -0.25) is 9.69 Å².